The van der Waals surface area contributed by atoms with Crippen LogP contribution in [0.25, 0.3) is 10.9 Å². The molecular formula is C21H20FN3O5S. The number of rotatable bonds is 4. The van der Waals surface area contributed by atoms with E-state index >= 15 is 0 Å². The Morgan fingerprint density at radius 3 is 2.35 bits per heavy atom. The molecular weight excluding hydrogens is 425 g/mol. The summed E-state index contributed by atoms with van der Waals surface area (Å²) in [5.41, 5.74) is -0.121. The molecule has 8 nitrogen and oxygen atoms in total. The van der Waals surface area contributed by atoms with Crippen molar-refractivity contribution in [1.29, 1.82) is 0 Å². The van der Waals surface area contributed by atoms with Gasteiger partial charge in [-0.2, -0.15) is 4.31 Å². The largest absolute Gasteiger partial charge is 0.497 e. The second-order valence-corrected chi connectivity index (χ2v) is 9.05. The van der Waals surface area contributed by atoms with Crippen molar-refractivity contribution in [1.82, 2.24) is 14.2 Å². The van der Waals surface area contributed by atoms with Crippen molar-refractivity contribution < 1.29 is 22.3 Å². The molecule has 1 fully saturated rings. The van der Waals surface area contributed by atoms with Gasteiger partial charge in [-0.05, 0) is 42.5 Å². The monoisotopic (exact) mass is 445 g/mol. The van der Waals surface area contributed by atoms with E-state index in [2.05, 4.69) is 4.98 Å². The first-order valence-corrected chi connectivity index (χ1v) is 11.0. The van der Waals surface area contributed by atoms with Crippen LogP contribution in [0, 0.1) is 5.82 Å². The minimum atomic E-state index is -3.70. The summed E-state index contributed by atoms with van der Waals surface area (Å²) >= 11 is 0. The minimum absolute atomic E-state index is 0.121. The summed E-state index contributed by atoms with van der Waals surface area (Å²) in [6.45, 7) is 0.582. The van der Waals surface area contributed by atoms with Crippen LogP contribution in [-0.4, -0.2) is 61.8 Å². The molecule has 1 saturated heterocycles. The molecule has 0 bridgehead atoms. The van der Waals surface area contributed by atoms with Gasteiger partial charge >= 0.3 is 0 Å². The number of hydrogen-bond acceptors (Lipinski definition) is 5. The van der Waals surface area contributed by atoms with E-state index in [1.54, 1.807) is 12.1 Å². The maximum atomic E-state index is 13.5. The lowest BCUT2D eigenvalue weighted by Crippen LogP contribution is -2.50. The van der Waals surface area contributed by atoms with Crippen molar-refractivity contribution in [3.05, 3.63) is 70.3 Å². The standard InChI is InChI=1S/C21H20FN3O5S/c1-30-15-3-5-16(6-4-15)31(28,29)25-10-8-24(9-11-25)21(27)18-13-20(26)23-19-12-14(22)2-7-17(18)19/h2-7,12-13H,8-11H2,1H3,(H,23,26). The number of aromatic amines is 1. The maximum Gasteiger partial charge on any atom is 0.254 e. The van der Waals surface area contributed by atoms with E-state index in [-0.39, 0.29) is 42.2 Å². The van der Waals surface area contributed by atoms with Gasteiger partial charge in [-0.1, -0.05) is 0 Å². The second-order valence-electron chi connectivity index (χ2n) is 7.11. The number of nitrogens with one attached hydrogen (secondary N) is 1. The number of fused-ring (bicyclic) bond motifs is 1. The molecule has 1 amide bonds. The molecule has 4 rings (SSSR count). The van der Waals surface area contributed by atoms with Gasteiger partial charge in [-0.3, -0.25) is 9.59 Å². The Morgan fingerprint density at radius 2 is 1.71 bits per heavy atom. The third-order valence-corrected chi connectivity index (χ3v) is 7.17. The number of halogens is 1. The van der Waals surface area contributed by atoms with Crippen LogP contribution in [0.1, 0.15) is 10.4 Å². The molecule has 0 radical (unpaired) electrons. The van der Waals surface area contributed by atoms with Gasteiger partial charge in [0.2, 0.25) is 15.6 Å². The van der Waals surface area contributed by atoms with Crippen LogP contribution in [-0.2, 0) is 10.0 Å². The first-order chi connectivity index (χ1) is 14.8. The van der Waals surface area contributed by atoms with Gasteiger partial charge in [0.05, 0.1) is 23.1 Å². The fourth-order valence-corrected chi connectivity index (χ4v) is 5.03. The predicted molar refractivity (Wildman–Crippen MR) is 112 cm³/mol. The maximum absolute atomic E-state index is 13.5. The number of hydrogen-bond donors (Lipinski definition) is 1. The fraction of sp³-hybridized carbons (Fsp3) is 0.238. The van der Waals surface area contributed by atoms with Crippen molar-refractivity contribution in [2.75, 3.05) is 33.3 Å². The Balaban J connectivity index is 1.53. The quantitative estimate of drug-likeness (QED) is 0.661. The van der Waals surface area contributed by atoms with Gasteiger partial charge in [-0.25, -0.2) is 12.8 Å². The summed E-state index contributed by atoms with van der Waals surface area (Å²) in [6.07, 6.45) is 0. The number of amides is 1. The van der Waals surface area contributed by atoms with Gasteiger partial charge in [0.25, 0.3) is 5.91 Å². The van der Waals surface area contributed by atoms with Gasteiger partial charge in [-0.15, -0.1) is 0 Å². The molecule has 2 heterocycles. The fourth-order valence-electron chi connectivity index (χ4n) is 3.61. The number of H-pyrrole nitrogens is 1. The van der Waals surface area contributed by atoms with Gasteiger partial charge in [0, 0.05) is 37.6 Å². The Hall–Kier alpha value is -3.24. The molecule has 2 aromatic carbocycles. The zero-order valence-electron chi connectivity index (χ0n) is 16.7. The van der Waals surface area contributed by atoms with E-state index in [4.69, 9.17) is 4.74 Å². The number of carbonyl (C=O) groups excluding carboxylic acids is 1. The van der Waals surface area contributed by atoms with Crippen LogP contribution in [0.15, 0.2) is 58.2 Å². The van der Waals surface area contributed by atoms with Crippen molar-refractivity contribution in [3.8, 4) is 5.75 Å². The number of carbonyl (C=O) groups is 1. The van der Waals surface area contributed by atoms with E-state index < -0.39 is 27.3 Å². The van der Waals surface area contributed by atoms with Crippen LogP contribution in [0.5, 0.6) is 5.75 Å². The van der Waals surface area contributed by atoms with Crippen LogP contribution in [0.2, 0.25) is 0 Å². The third kappa shape index (κ3) is 4.04. The Labute approximate surface area is 177 Å². The van der Waals surface area contributed by atoms with Crippen molar-refractivity contribution in [2.24, 2.45) is 0 Å². The van der Waals surface area contributed by atoms with E-state index in [1.807, 2.05) is 0 Å². The van der Waals surface area contributed by atoms with E-state index in [1.165, 1.54) is 46.6 Å². The topological polar surface area (TPSA) is 99.8 Å². The Bertz CT molecular complexity index is 1300. The first kappa shape index (κ1) is 21.0. The molecule has 1 aliphatic heterocycles. The van der Waals surface area contributed by atoms with Crippen molar-refractivity contribution in [2.45, 2.75) is 4.90 Å². The number of piperazine rings is 1. The lowest BCUT2D eigenvalue weighted by molar-refractivity contribution is 0.0699. The van der Waals surface area contributed by atoms with Crippen LogP contribution in [0.4, 0.5) is 4.39 Å². The molecule has 0 spiro atoms. The highest BCUT2D eigenvalue weighted by atomic mass is 32.2. The molecule has 3 aromatic rings. The minimum Gasteiger partial charge on any atom is -0.497 e. The molecule has 31 heavy (non-hydrogen) atoms. The van der Waals surface area contributed by atoms with E-state index in [9.17, 15) is 22.4 Å². The molecule has 1 N–H and O–H groups in total. The van der Waals surface area contributed by atoms with Gasteiger partial charge in [0.15, 0.2) is 0 Å². The molecule has 10 heteroatoms. The number of nitrogens with zero attached hydrogens (tertiary/aromatic N) is 2. The van der Waals surface area contributed by atoms with Gasteiger partial charge < -0.3 is 14.6 Å². The van der Waals surface area contributed by atoms with E-state index in [0.29, 0.717) is 11.1 Å². The number of pyridine rings is 1. The first-order valence-electron chi connectivity index (χ1n) is 9.55. The number of methoxy groups -OCH3 is 1. The average Bonchev–Trinajstić information content (AvgIpc) is 2.77. The van der Waals surface area contributed by atoms with Crippen LogP contribution >= 0.6 is 0 Å². The number of sulfonamides is 1. The summed E-state index contributed by atoms with van der Waals surface area (Å²) in [6, 6.07) is 11.1. The molecule has 162 valence electrons. The lowest BCUT2D eigenvalue weighted by Gasteiger charge is -2.34. The molecule has 0 atom stereocenters. The SMILES string of the molecule is COc1ccc(S(=O)(=O)N2CCN(C(=O)c3cc(=O)[nH]c4cc(F)ccc34)CC2)cc1. The number of ether oxygens (including phenoxy) is 1. The summed E-state index contributed by atoms with van der Waals surface area (Å²) in [4.78, 5) is 29.2. The predicted octanol–water partition coefficient (Wildman–Crippen LogP) is 1.82. The summed E-state index contributed by atoms with van der Waals surface area (Å²) < 4.78 is 45.7. The molecule has 0 saturated carbocycles. The Kier molecular flexibility index (Phi) is 5.50. The average molecular weight is 445 g/mol. The lowest BCUT2D eigenvalue weighted by atomic mass is 10.1. The zero-order chi connectivity index (χ0) is 22.2. The zero-order valence-corrected chi connectivity index (χ0v) is 17.5. The normalized spacial score (nSPS) is 15.2. The highest BCUT2D eigenvalue weighted by Gasteiger charge is 2.31. The third-order valence-electron chi connectivity index (χ3n) is 5.26. The molecule has 1 aromatic heterocycles. The highest BCUT2D eigenvalue weighted by molar-refractivity contribution is 7.89. The summed E-state index contributed by atoms with van der Waals surface area (Å²) in [5.74, 6) is -0.367. The number of aromatic nitrogens is 1. The molecule has 1 aliphatic rings. The van der Waals surface area contributed by atoms with Crippen molar-refractivity contribution >= 4 is 26.8 Å². The summed E-state index contributed by atoms with van der Waals surface area (Å²) in [5, 5.41) is 0.430. The van der Waals surface area contributed by atoms with Crippen LogP contribution in [0.3, 0.4) is 0 Å². The highest BCUT2D eigenvalue weighted by Crippen LogP contribution is 2.22. The van der Waals surface area contributed by atoms with Crippen LogP contribution < -0.4 is 10.3 Å². The van der Waals surface area contributed by atoms with Gasteiger partial charge in [0.1, 0.15) is 11.6 Å². The second kappa shape index (κ2) is 8.12. The molecule has 0 aliphatic carbocycles. The summed E-state index contributed by atoms with van der Waals surface area (Å²) in [7, 11) is -2.20. The number of benzene rings is 2. The Morgan fingerprint density at radius 1 is 1.03 bits per heavy atom. The van der Waals surface area contributed by atoms with E-state index in [0.717, 1.165) is 6.07 Å². The van der Waals surface area contributed by atoms with Crippen molar-refractivity contribution in [3.63, 3.8) is 0 Å². The smallest absolute Gasteiger partial charge is 0.254 e. The molecule has 0 unspecified atom stereocenters.